The zero-order valence-corrected chi connectivity index (χ0v) is 26.7. The van der Waals surface area contributed by atoms with E-state index in [1.54, 1.807) is 0 Å². The lowest BCUT2D eigenvalue weighted by Gasteiger charge is -2.17. The molecule has 0 N–H and O–H groups in total. The largest absolute Gasteiger partial charge is 0.423 e. The van der Waals surface area contributed by atoms with Crippen LogP contribution in [0, 0.1) is 0 Å². The van der Waals surface area contributed by atoms with Crippen LogP contribution < -0.4 is 4.74 Å². The first-order chi connectivity index (χ1) is 20.5. The minimum atomic E-state index is -0.327. The normalized spacial score (nSPS) is 12.7. The smallest absolute Gasteiger partial charge is 0.343 e. The molecule has 3 heteroatoms. The Morgan fingerprint density at radius 1 is 0.595 bits per heavy atom. The Bertz CT molecular complexity index is 1130. The first-order valence-electron chi connectivity index (χ1n) is 16.7. The zero-order valence-electron chi connectivity index (χ0n) is 26.7. The molecular formula is C39H54O3. The number of unbranched alkanes of at least 4 members (excludes halogenated alkanes) is 8. The average molecular weight is 571 g/mol. The van der Waals surface area contributed by atoms with Crippen LogP contribution in [0.25, 0.3) is 11.1 Å². The van der Waals surface area contributed by atoms with Crippen molar-refractivity contribution in [3.05, 3.63) is 89.5 Å². The van der Waals surface area contributed by atoms with Gasteiger partial charge in [0.05, 0.1) is 11.7 Å². The molecule has 0 amide bonds. The van der Waals surface area contributed by atoms with Crippen LogP contribution in [0.4, 0.5) is 0 Å². The highest BCUT2D eigenvalue weighted by Gasteiger charge is 2.13. The molecule has 0 fully saturated rings. The highest BCUT2D eigenvalue weighted by atomic mass is 16.5. The van der Waals surface area contributed by atoms with Gasteiger partial charge in [0, 0.05) is 6.61 Å². The molecule has 0 aliphatic carbocycles. The third-order valence-corrected chi connectivity index (χ3v) is 8.26. The molecule has 0 aliphatic rings. The van der Waals surface area contributed by atoms with E-state index in [1.165, 1.54) is 88.2 Å². The van der Waals surface area contributed by atoms with E-state index in [-0.39, 0.29) is 12.1 Å². The summed E-state index contributed by atoms with van der Waals surface area (Å²) in [4.78, 5) is 12.9. The molecule has 3 aromatic rings. The topological polar surface area (TPSA) is 35.5 Å². The van der Waals surface area contributed by atoms with Crippen molar-refractivity contribution in [2.24, 2.45) is 0 Å². The van der Waals surface area contributed by atoms with Gasteiger partial charge >= 0.3 is 5.97 Å². The Labute approximate surface area is 256 Å². The van der Waals surface area contributed by atoms with Crippen molar-refractivity contribution in [3.63, 3.8) is 0 Å². The lowest BCUT2D eigenvalue weighted by atomic mass is 9.89. The molecule has 0 saturated carbocycles. The van der Waals surface area contributed by atoms with Crippen LogP contribution in [-0.4, -0.2) is 12.6 Å². The first kappa shape index (κ1) is 33.6. The van der Waals surface area contributed by atoms with Crippen molar-refractivity contribution in [3.8, 4) is 16.9 Å². The summed E-state index contributed by atoms with van der Waals surface area (Å²) < 4.78 is 11.6. The van der Waals surface area contributed by atoms with Crippen LogP contribution in [0.1, 0.15) is 145 Å². The number of esters is 1. The molecule has 2 atom stereocenters. The van der Waals surface area contributed by atoms with E-state index in [0.717, 1.165) is 24.2 Å². The van der Waals surface area contributed by atoms with E-state index in [0.29, 0.717) is 17.2 Å². The van der Waals surface area contributed by atoms with Gasteiger partial charge < -0.3 is 9.47 Å². The van der Waals surface area contributed by atoms with Gasteiger partial charge in [-0.2, -0.15) is 0 Å². The summed E-state index contributed by atoms with van der Waals surface area (Å²) >= 11 is 0. The summed E-state index contributed by atoms with van der Waals surface area (Å²) in [5.41, 5.74) is 5.26. The Morgan fingerprint density at radius 2 is 1.14 bits per heavy atom. The Kier molecular flexibility index (Phi) is 15.4. The summed E-state index contributed by atoms with van der Waals surface area (Å²) in [5.74, 6) is 0.852. The molecule has 0 heterocycles. The average Bonchev–Trinajstić information content (AvgIpc) is 3.03. The molecule has 3 aromatic carbocycles. The van der Waals surface area contributed by atoms with Crippen molar-refractivity contribution in [1.82, 2.24) is 0 Å². The lowest BCUT2D eigenvalue weighted by molar-refractivity contribution is 0.0662. The van der Waals surface area contributed by atoms with Crippen molar-refractivity contribution < 1.29 is 14.3 Å². The Balaban J connectivity index is 1.47. The molecule has 0 saturated heterocycles. The summed E-state index contributed by atoms with van der Waals surface area (Å²) in [5, 5.41) is 0. The fraction of sp³-hybridized carbons (Fsp3) is 0.513. The number of ether oxygens (including phenoxy) is 2. The molecule has 0 radical (unpaired) electrons. The predicted molar refractivity (Wildman–Crippen MR) is 177 cm³/mol. The molecule has 42 heavy (non-hydrogen) atoms. The maximum absolute atomic E-state index is 12.9. The van der Waals surface area contributed by atoms with E-state index in [4.69, 9.17) is 9.47 Å². The number of benzene rings is 3. The molecule has 0 spiro atoms. The summed E-state index contributed by atoms with van der Waals surface area (Å²) in [6.07, 6.45) is 17.0. The molecule has 2 unspecified atom stereocenters. The highest BCUT2D eigenvalue weighted by Crippen LogP contribution is 2.30. The molecule has 0 bridgehead atoms. The van der Waals surface area contributed by atoms with Crippen molar-refractivity contribution in [1.29, 1.82) is 0 Å². The summed E-state index contributed by atoms with van der Waals surface area (Å²) in [6, 6.07) is 24.3. The van der Waals surface area contributed by atoms with E-state index in [2.05, 4.69) is 64.1 Å². The van der Waals surface area contributed by atoms with Crippen LogP contribution in [0.3, 0.4) is 0 Å². The minimum absolute atomic E-state index is 0.0856. The van der Waals surface area contributed by atoms with Gasteiger partial charge in [-0.15, -0.1) is 0 Å². The van der Waals surface area contributed by atoms with Gasteiger partial charge in [-0.3, -0.25) is 0 Å². The van der Waals surface area contributed by atoms with Gasteiger partial charge in [-0.1, -0.05) is 134 Å². The van der Waals surface area contributed by atoms with E-state index in [1.807, 2.05) is 36.4 Å². The van der Waals surface area contributed by atoms with E-state index in [9.17, 15) is 4.79 Å². The monoisotopic (exact) mass is 570 g/mol. The highest BCUT2D eigenvalue weighted by molar-refractivity contribution is 5.91. The second-order valence-electron chi connectivity index (χ2n) is 11.8. The third-order valence-electron chi connectivity index (χ3n) is 8.26. The molecule has 3 rings (SSSR count). The van der Waals surface area contributed by atoms with Crippen LogP contribution in [0.15, 0.2) is 72.8 Å². The molecule has 0 aromatic heterocycles. The molecule has 3 nitrogen and oxygen atoms in total. The van der Waals surface area contributed by atoms with Gasteiger partial charge in [0.1, 0.15) is 5.75 Å². The molecule has 228 valence electrons. The number of carbonyl (C=O) groups excluding carboxylic acids is 1. The second-order valence-corrected chi connectivity index (χ2v) is 11.8. The van der Waals surface area contributed by atoms with Crippen molar-refractivity contribution in [2.45, 2.75) is 123 Å². The number of carbonyl (C=O) groups is 1. The fourth-order valence-electron chi connectivity index (χ4n) is 5.64. The summed E-state index contributed by atoms with van der Waals surface area (Å²) in [6.45, 7) is 9.52. The molecular weight excluding hydrogens is 516 g/mol. The third kappa shape index (κ3) is 11.4. The van der Waals surface area contributed by atoms with Crippen LogP contribution in [-0.2, 0) is 4.74 Å². The maximum atomic E-state index is 12.9. The van der Waals surface area contributed by atoms with Crippen molar-refractivity contribution >= 4 is 5.97 Å². The quantitative estimate of drug-likeness (QED) is 0.0770. The SMILES string of the molecule is CCCCCCCCCCCC(CCC)c1ccc(OC(=O)c2ccc(-c3ccc(C(C)OCCC)cc3)cc2)cc1. The van der Waals surface area contributed by atoms with Gasteiger partial charge in [0.2, 0.25) is 0 Å². The van der Waals surface area contributed by atoms with Gasteiger partial charge in [0.15, 0.2) is 0 Å². The fourth-order valence-corrected chi connectivity index (χ4v) is 5.64. The zero-order chi connectivity index (χ0) is 30.0. The maximum Gasteiger partial charge on any atom is 0.343 e. The van der Waals surface area contributed by atoms with Gasteiger partial charge in [-0.05, 0) is 78.6 Å². The predicted octanol–water partition coefficient (Wildman–Crippen LogP) is 11.9. The number of hydrogen-bond acceptors (Lipinski definition) is 3. The van der Waals surface area contributed by atoms with Gasteiger partial charge in [-0.25, -0.2) is 4.79 Å². The van der Waals surface area contributed by atoms with Crippen LogP contribution >= 0.6 is 0 Å². The van der Waals surface area contributed by atoms with Crippen LogP contribution in [0.2, 0.25) is 0 Å². The molecule has 0 aliphatic heterocycles. The first-order valence-corrected chi connectivity index (χ1v) is 16.7. The van der Waals surface area contributed by atoms with Crippen molar-refractivity contribution in [2.75, 3.05) is 6.61 Å². The van der Waals surface area contributed by atoms with Gasteiger partial charge in [0.25, 0.3) is 0 Å². The number of rotatable bonds is 20. The number of hydrogen-bond donors (Lipinski definition) is 0. The standard InChI is InChI=1S/C39H54O3/c1-5-8-9-10-11-12-13-14-15-17-33(16-6-2)36-26-28-38(29-27-36)42-39(40)37-24-22-35(23-25-37)34-20-18-32(19-21-34)31(4)41-30-7-3/h18-29,31,33H,5-17,30H2,1-4H3. The van der Waals surface area contributed by atoms with Crippen LogP contribution in [0.5, 0.6) is 5.75 Å². The lowest BCUT2D eigenvalue weighted by Crippen LogP contribution is -2.08. The second kappa shape index (κ2) is 19.3. The Morgan fingerprint density at radius 3 is 1.71 bits per heavy atom. The summed E-state index contributed by atoms with van der Waals surface area (Å²) in [7, 11) is 0. The minimum Gasteiger partial charge on any atom is -0.423 e. The van der Waals surface area contributed by atoms with E-state index < -0.39 is 0 Å². The van der Waals surface area contributed by atoms with E-state index >= 15 is 0 Å². The Hall–Kier alpha value is -2.91.